The van der Waals surface area contributed by atoms with Gasteiger partial charge in [-0.05, 0) is 25.5 Å². The van der Waals surface area contributed by atoms with E-state index in [-0.39, 0.29) is 12.0 Å². The zero-order valence-electron chi connectivity index (χ0n) is 11.0. The first kappa shape index (κ1) is 14.1. The number of halogens is 3. The van der Waals surface area contributed by atoms with Crippen LogP contribution in [0.1, 0.15) is 22.4 Å². The molecule has 0 saturated carbocycles. The molecule has 3 nitrogen and oxygen atoms in total. The second kappa shape index (κ2) is 5.00. The average Bonchev–Trinajstić information content (AvgIpc) is 2.73. The molecule has 20 heavy (non-hydrogen) atoms. The quantitative estimate of drug-likeness (QED) is 0.843. The highest BCUT2D eigenvalue weighted by atomic mass is 19.4. The molecule has 0 N–H and O–H groups in total. The van der Waals surface area contributed by atoms with Gasteiger partial charge >= 0.3 is 6.18 Å². The topological polar surface area (TPSA) is 41.6 Å². The van der Waals surface area contributed by atoms with E-state index in [9.17, 15) is 13.2 Å². The van der Waals surface area contributed by atoms with Crippen LogP contribution < -0.4 is 0 Å². The van der Waals surface area contributed by atoms with Crippen molar-refractivity contribution in [3.8, 4) is 11.8 Å². The third-order valence-corrected chi connectivity index (χ3v) is 2.96. The van der Waals surface area contributed by atoms with Crippen molar-refractivity contribution in [3.63, 3.8) is 0 Å². The third-order valence-electron chi connectivity index (χ3n) is 2.96. The predicted molar refractivity (Wildman–Crippen MR) is 67.4 cm³/mol. The van der Waals surface area contributed by atoms with Crippen molar-refractivity contribution in [2.24, 2.45) is 0 Å². The van der Waals surface area contributed by atoms with Crippen molar-refractivity contribution in [3.05, 3.63) is 46.8 Å². The zero-order valence-corrected chi connectivity index (χ0v) is 11.0. The molecule has 0 saturated heterocycles. The first-order valence-corrected chi connectivity index (χ1v) is 5.93. The minimum absolute atomic E-state index is 0.111. The predicted octanol–water partition coefficient (Wildman–Crippen LogP) is 3.57. The largest absolute Gasteiger partial charge is 0.433 e. The standard InChI is InChI=1S/C14H12F3N3/c1-9-3-4-12(10(2)7-9)20-13(14(15,16)17)11(5-6-18)8-19-20/h3-4,7-8H,5H2,1-2H3. The van der Waals surface area contributed by atoms with Crippen LogP contribution in [-0.2, 0) is 12.6 Å². The van der Waals surface area contributed by atoms with Gasteiger partial charge in [-0.25, -0.2) is 4.68 Å². The fourth-order valence-electron chi connectivity index (χ4n) is 2.12. The molecular formula is C14H12F3N3. The lowest BCUT2D eigenvalue weighted by atomic mass is 10.1. The van der Waals surface area contributed by atoms with E-state index in [1.54, 1.807) is 31.2 Å². The molecule has 0 spiro atoms. The Morgan fingerprint density at radius 3 is 2.55 bits per heavy atom. The summed E-state index contributed by atoms with van der Waals surface area (Å²) < 4.78 is 40.4. The molecule has 0 unspecified atom stereocenters. The lowest BCUT2D eigenvalue weighted by Gasteiger charge is -2.14. The van der Waals surface area contributed by atoms with Crippen molar-refractivity contribution in [2.45, 2.75) is 26.4 Å². The van der Waals surface area contributed by atoms with E-state index in [1.165, 1.54) is 0 Å². The van der Waals surface area contributed by atoms with Gasteiger partial charge in [0.05, 0.1) is 24.4 Å². The van der Waals surface area contributed by atoms with Crippen LogP contribution in [-0.4, -0.2) is 9.78 Å². The molecule has 1 aromatic carbocycles. The Kier molecular flexibility index (Phi) is 3.53. The lowest BCUT2D eigenvalue weighted by Crippen LogP contribution is -2.16. The van der Waals surface area contributed by atoms with Crippen LogP contribution in [0.3, 0.4) is 0 Å². The van der Waals surface area contributed by atoms with Gasteiger partial charge in [0, 0.05) is 5.56 Å². The normalized spacial score (nSPS) is 11.4. The second-order valence-corrected chi connectivity index (χ2v) is 4.55. The molecule has 0 aliphatic carbocycles. The molecule has 6 heteroatoms. The maximum atomic E-state index is 13.2. The van der Waals surface area contributed by atoms with E-state index in [4.69, 9.17) is 5.26 Å². The first-order chi connectivity index (χ1) is 9.34. The summed E-state index contributed by atoms with van der Waals surface area (Å²) in [5.41, 5.74) is 1.03. The number of nitriles is 1. The molecule has 0 bridgehead atoms. The van der Waals surface area contributed by atoms with Crippen LogP contribution in [0.15, 0.2) is 24.4 Å². The highest BCUT2D eigenvalue weighted by molar-refractivity contribution is 5.44. The molecule has 0 fully saturated rings. The van der Waals surface area contributed by atoms with E-state index in [0.717, 1.165) is 16.4 Å². The molecule has 0 atom stereocenters. The highest BCUT2D eigenvalue weighted by Crippen LogP contribution is 2.34. The van der Waals surface area contributed by atoms with Gasteiger partial charge in [0.1, 0.15) is 0 Å². The van der Waals surface area contributed by atoms with Crippen LogP contribution >= 0.6 is 0 Å². The molecule has 0 amide bonds. The Labute approximate surface area is 114 Å². The van der Waals surface area contributed by atoms with Crippen molar-refractivity contribution in [1.29, 1.82) is 5.26 Å². The fraction of sp³-hybridized carbons (Fsp3) is 0.286. The van der Waals surface area contributed by atoms with Gasteiger partial charge in [-0.15, -0.1) is 0 Å². The minimum atomic E-state index is -4.56. The summed E-state index contributed by atoms with van der Waals surface area (Å²) in [6.07, 6.45) is -3.77. The van der Waals surface area contributed by atoms with Crippen LogP contribution in [0.5, 0.6) is 0 Å². The number of hydrogen-bond donors (Lipinski definition) is 0. The lowest BCUT2D eigenvalue weighted by molar-refractivity contribution is -0.143. The molecular weight excluding hydrogens is 267 g/mol. The molecule has 0 aliphatic heterocycles. The van der Waals surface area contributed by atoms with Crippen molar-refractivity contribution in [1.82, 2.24) is 9.78 Å². The summed E-state index contributed by atoms with van der Waals surface area (Å²) in [4.78, 5) is 0. The molecule has 0 aliphatic rings. The highest BCUT2D eigenvalue weighted by Gasteiger charge is 2.38. The van der Waals surface area contributed by atoms with E-state index < -0.39 is 11.9 Å². The molecule has 0 radical (unpaired) electrons. The van der Waals surface area contributed by atoms with Gasteiger partial charge in [0.2, 0.25) is 0 Å². The van der Waals surface area contributed by atoms with Gasteiger partial charge in [0.15, 0.2) is 5.69 Å². The number of aromatic nitrogens is 2. The summed E-state index contributed by atoms with van der Waals surface area (Å²) in [6.45, 7) is 3.60. The maximum absolute atomic E-state index is 13.2. The number of aryl methyl sites for hydroxylation is 2. The molecule has 104 valence electrons. The van der Waals surface area contributed by atoms with E-state index in [2.05, 4.69) is 5.10 Å². The van der Waals surface area contributed by atoms with Crippen molar-refractivity contribution < 1.29 is 13.2 Å². The van der Waals surface area contributed by atoms with Crippen LogP contribution in [0.2, 0.25) is 0 Å². The number of benzene rings is 1. The van der Waals surface area contributed by atoms with Crippen molar-refractivity contribution >= 4 is 0 Å². The van der Waals surface area contributed by atoms with Crippen molar-refractivity contribution in [2.75, 3.05) is 0 Å². The molecule has 2 rings (SSSR count). The average molecular weight is 279 g/mol. The van der Waals surface area contributed by atoms with Gasteiger partial charge in [0.25, 0.3) is 0 Å². The van der Waals surface area contributed by atoms with E-state index in [0.29, 0.717) is 11.3 Å². The van der Waals surface area contributed by atoms with Crippen LogP contribution in [0, 0.1) is 25.2 Å². The number of alkyl halides is 3. The van der Waals surface area contributed by atoms with Gasteiger partial charge < -0.3 is 0 Å². The first-order valence-electron chi connectivity index (χ1n) is 5.93. The summed E-state index contributed by atoms with van der Waals surface area (Å²) in [5.74, 6) is 0. The molecule has 1 aromatic heterocycles. The Balaban J connectivity index is 2.66. The summed E-state index contributed by atoms with van der Waals surface area (Å²) in [5, 5.41) is 12.4. The van der Waals surface area contributed by atoms with Crippen LogP contribution in [0.25, 0.3) is 5.69 Å². The molecule has 2 aromatic rings. The summed E-state index contributed by atoms with van der Waals surface area (Å²) >= 11 is 0. The molecule has 1 heterocycles. The number of nitrogens with zero attached hydrogens (tertiary/aromatic N) is 3. The zero-order chi connectivity index (χ0) is 14.9. The number of hydrogen-bond acceptors (Lipinski definition) is 2. The Morgan fingerprint density at radius 2 is 2.00 bits per heavy atom. The smallest absolute Gasteiger partial charge is 0.228 e. The van der Waals surface area contributed by atoms with Gasteiger partial charge in [-0.2, -0.15) is 23.5 Å². The van der Waals surface area contributed by atoms with E-state index in [1.807, 2.05) is 6.92 Å². The van der Waals surface area contributed by atoms with E-state index >= 15 is 0 Å². The number of rotatable bonds is 2. The Hall–Kier alpha value is -2.29. The second-order valence-electron chi connectivity index (χ2n) is 4.55. The van der Waals surface area contributed by atoms with Gasteiger partial charge in [-0.1, -0.05) is 17.7 Å². The maximum Gasteiger partial charge on any atom is 0.433 e. The minimum Gasteiger partial charge on any atom is -0.228 e. The summed E-state index contributed by atoms with van der Waals surface area (Å²) in [6, 6.07) is 6.86. The fourth-order valence-corrected chi connectivity index (χ4v) is 2.12. The third kappa shape index (κ3) is 2.52. The Morgan fingerprint density at radius 1 is 1.30 bits per heavy atom. The Bertz CT molecular complexity index is 678. The SMILES string of the molecule is Cc1ccc(-n2ncc(CC#N)c2C(F)(F)F)c(C)c1. The van der Waals surface area contributed by atoms with Gasteiger partial charge in [-0.3, -0.25) is 0 Å². The van der Waals surface area contributed by atoms with Crippen LogP contribution in [0.4, 0.5) is 13.2 Å². The monoisotopic (exact) mass is 279 g/mol. The summed E-state index contributed by atoms with van der Waals surface area (Å²) in [7, 11) is 0.